The number of anilines is 1. The van der Waals surface area contributed by atoms with E-state index in [4.69, 9.17) is 25.2 Å². The summed E-state index contributed by atoms with van der Waals surface area (Å²) in [5.41, 5.74) is 5.94. The predicted octanol–water partition coefficient (Wildman–Crippen LogP) is 2.96. The molecule has 9 nitrogen and oxygen atoms in total. The Labute approximate surface area is 192 Å². The first-order valence-electron chi connectivity index (χ1n) is 9.18. The van der Waals surface area contributed by atoms with E-state index in [0.29, 0.717) is 5.69 Å². The monoisotopic (exact) mass is 501 g/mol. The number of allylic oxidation sites excluding steroid dienone is 1. The molecule has 32 heavy (non-hydrogen) atoms. The quantitative estimate of drug-likeness (QED) is 0.303. The van der Waals surface area contributed by atoms with Crippen LogP contribution >= 0.6 is 15.9 Å². The van der Waals surface area contributed by atoms with Gasteiger partial charge in [0, 0.05) is 15.9 Å². The standard InChI is InChI=1S/C22H20BrN3O6/c1-13(25)17(10-24)18(27)11-32-22(29)14-3-8-19(20(9-14)30-2)31-12-21(28)26-16-6-4-15(23)5-7-16/h3-9H,11-12,25H2,1-2H3,(H,26,28). The van der Waals surface area contributed by atoms with E-state index in [0.717, 1.165) is 4.47 Å². The van der Waals surface area contributed by atoms with E-state index >= 15 is 0 Å². The summed E-state index contributed by atoms with van der Waals surface area (Å²) in [5, 5.41) is 11.6. The highest BCUT2D eigenvalue weighted by Crippen LogP contribution is 2.28. The Morgan fingerprint density at radius 2 is 1.78 bits per heavy atom. The Hall–Kier alpha value is -3.84. The molecule has 0 aliphatic rings. The number of esters is 1. The zero-order valence-corrected chi connectivity index (χ0v) is 18.9. The van der Waals surface area contributed by atoms with Crippen molar-refractivity contribution >= 4 is 39.3 Å². The maximum atomic E-state index is 12.2. The van der Waals surface area contributed by atoms with Gasteiger partial charge in [-0.1, -0.05) is 15.9 Å². The number of ether oxygens (including phenoxy) is 3. The fourth-order valence-corrected chi connectivity index (χ4v) is 2.71. The summed E-state index contributed by atoms with van der Waals surface area (Å²) in [6.07, 6.45) is 0. The van der Waals surface area contributed by atoms with Gasteiger partial charge in [0.05, 0.1) is 12.7 Å². The molecule has 0 aliphatic heterocycles. The van der Waals surface area contributed by atoms with Crippen LogP contribution in [0.5, 0.6) is 11.5 Å². The van der Waals surface area contributed by atoms with Crippen molar-refractivity contribution in [3.63, 3.8) is 0 Å². The average molecular weight is 502 g/mol. The molecule has 0 spiro atoms. The highest BCUT2D eigenvalue weighted by molar-refractivity contribution is 9.10. The number of ketones is 1. The van der Waals surface area contributed by atoms with Gasteiger partial charge in [-0.15, -0.1) is 0 Å². The number of rotatable bonds is 9. The van der Waals surface area contributed by atoms with Gasteiger partial charge in [-0.2, -0.15) is 5.26 Å². The lowest BCUT2D eigenvalue weighted by molar-refractivity contribution is -0.118. The summed E-state index contributed by atoms with van der Waals surface area (Å²) in [6.45, 7) is 0.487. The lowest BCUT2D eigenvalue weighted by Crippen LogP contribution is -2.20. The molecule has 0 aromatic heterocycles. The number of nitrogens with one attached hydrogen (secondary N) is 1. The van der Waals surface area contributed by atoms with Crippen molar-refractivity contribution in [2.24, 2.45) is 5.73 Å². The van der Waals surface area contributed by atoms with Crippen molar-refractivity contribution in [1.82, 2.24) is 0 Å². The third-order valence-electron chi connectivity index (χ3n) is 4.01. The number of nitrogens with zero attached hydrogens (tertiary/aromatic N) is 1. The third-order valence-corrected chi connectivity index (χ3v) is 4.53. The van der Waals surface area contributed by atoms with E-state index in [-0.39, 0.29) is 40.8 Å². The molecule has 0 unspecified atom stereocenters. The van der Waals surface area contributed by atoms with Gasteiger partial charge in [0.15, 0.2) is 24.7 Å². The fourth-order valence-electron chi connectivity index (χ4n) is 2.44. The number of hydrogen-bond donors (Lipinski definition) is 2. The molecule has 1 amide bonds. The van der Waals surface area contributed by atoms with Crippen LogP contribution in [0.1, 0.15) is 17.3 Å². The van der Waals surface area contributed by atoms with Crippen LogP contribution in [-0.2, 0) is 14.3 Å². The number of nitrogens with two attached hydrogens (primary N) is 1. The van der Waals surface area contributed by atoms with E-state index in [1.807, 2.05) is 0 Å². The maximum Gasteiger partial charge on any atom is 0.338 e. The second-order valence-corrected chi connectivity index (χ2v) is 7.29. The fraction of sp³-hybridized carbons (Fsp3) is 0.182. The Bertz CT molecular complexity index is 1090. The van der Waals surface area contributed by atoms with Crippen LogP contribution in [0.3, 0.4) is 0 Å². The number of carbonyl (C=O) groups excluding carboxylic acids is 3. The maximum absolute atomic E-state index is 12.2. The molecule has 0 atom stereocenters. The summed E-state index contributed by atoms with van der Waals surface area (Å²) >= 11 is 3.32. The number of amides is 1. The third kappa shape index (κ3) is 6.85. The first-order valence-corrected chi connectivity index (χ1v) is 9.97. The molecule has 0 saturated carbocycles. The molecular weight excluding hydrogens is 482 g/mol. The zero-order chi connectivity index (χ0) is 23.7. The molecule has 2 aromatic carbocycles. The molecule has 0 bridgehead atoms. The number of nitriles is 1. The molecule has 10 heteroatoms. The largest absolute Gasteiger partial charge is 0.493 e. The molecule has 0 heterocycles. The molecule has 0 aliphatic carbocycles. The van der Waals surface area contributed by atoms with Gasteiger partial charge in [0.25, 0.3) is 5.91 Å². The Kier molecular flexibility index (Phi) is 8.80. The van der Waals surface area contributed by atoms with Crippen LogP contribution in [0.2, 0.25) is 0 Å². The number of Topliss-reactive ketones (excluding diaryl/α,β-unsaturated/α-hetero) is 1. The van der Waals surface area contributed by atoms with Gasteiger partial charge in [-0.25, -0.2) is 4.79 Å². The topological polar surface area (TPSA) is 141 Å². The summed E-state index contributed by atoms with van der Waals surface area (Å²) in [4.78, 5) is 36.2. The molecule has 3 N–H and O–H groups in total. The van der Waals surface area contributed by atoms with Crippen molar-refractivity contribution in [3.8, 4) is 17.6 Å². The molecule has 0 fully saturated rings. The van der Waals surface area contributed by atoms with Gasteiger partial charge in [0.1, 0.15) is 11.6 Å². The molecule has 2 aromatic rings. The van der Waals surface area contributed by atoms with Crippen molar-refractivity contribution in [2.75, 3.05) is 25.6 Å². The summed E-state index contributed by atoms with van der Waals surface area (Å²) in [5.74, 6) is -1.46. The minimum atomic E-state index is -0.803. The number of methoxy groups -OCH3 is 1. The Morgan fingerprint density at radius 1 is 1.09 bits per heavy atom. The summed E-state index contributed by atoms with van der Waals surface area (Å²) in [7, 11) is 1.37. The molecule has 0 radical (unpaired) electrons. The highest BCUT2D eigenvalue weighted by atomic mass is 79.9. The smallest absolute Gasteiger partial charge is 0.338 e. The van der Waals surface area contributed by atoms with Crippen LogP contribution in [-0.4, -0.2) is 38.0 Å². The van der Waals surface area contributed by atoms with Gasteiger partial charge in [0.2, 0.25) is 5.78 Å². The second-order valence-electron chi connectivity index (χ2n) is 6.38. The predicted molar refractivity (Wildman–Crippen MR) is 119 cm³/mol. The van der Waals surface area contributed by atoms with Gasteiger partial charge < -0.3 is 25.3 Å². The number of hydrogen-bond acceptors (Lipinski definition) is 8. The zero-order valence-electron chi connectivity index (χ0n) is 17.3. The molecule has 2 rings (SSSR count). The van der Waals surface area contributed by atoms with Crippen molar-refractivity contribution in [3.05, 3.63) is 63.8 Å². The molecule has 0 saturated heterocycles. The highest BCUT2D eigenvalue weighted by Gasteiger charge is 2.17. The first kappa shape index (κ1) is 24.4. The van der Waals surface area contributed by atoms with Crippen molar-refractivity contribution in [2.45, 2.75) is 6.92 Å². The lowest BCUT2D eigenvalue weighted by Gasteiger charge is -2.12. The van der Waals surface area contributed by atoms with Crippen molar-refractivity contribution < 1.29 is 28.6 Å². The van der Waals surface area contributed by atoms with Gasteiger partial charge >= 0.3 is 5.97 Å². The van der Waals surface area contributed by atoms with E-state index < -0.39 is 18.4 Å². The second kappa shape index (κ2) is 11.5. The molecule has 166 valence electrons. The van der Waals surface area contributed by atoms with Crippen molar-refractivity contribution in [1.29, 1.82) is 5.26 Å². The lowest BCUT2D eigenvalue weighted by atomic mass is 10.1. The van der Waals surface area contributed by atoms with E-state index in [9.17, 15) is 14.4 Å². The first-order chi connectivity index (χ1) is 15.2. The minimum Gasteiger partial charge on any atom is -0.493 e. The Morgan fingerprint density at radius 3 is 2.38 bits per heavy atom. The van der Waals surface area contributed by atoms with Crippen LogP contribution < -0.4 is 20.5 Å². The summed E-state index contributed by atoms with van der Waals surface area (Å²) < 4.78 is 16.5. The average Bonchev–Trinajstić information content (AvgIpc) is 2.77. The van der Waals surface area contributed by atoms with Crippen LogP contribution in [0.4, 0.5) is 5.69 Å². The SMILES string of the molecule is COc1cc(C(=O)OCC(=O)C(C#N)=C(C)N)ccc1OCC(=O)Nc1ccc(Br)cc1. The number of halogens is 1. The van der Waals surface area contributed by atoms with E-state index in [2.05, 4.69) is 21.2 Å². The Balaban J connectivity index is 1.98. The van der Waals surface area contributed by atoms with Crippen LogP contribution in [0.15, 0.2) is 58.2 Å². The van der Waals surface area contributed by atoms with Gasteiger partial charge in [-0.3, -0.25) is 9.59 Å². The van der Waals surface area contributed by atoms with Crippen LogP contribution in [0.25, 0.3) is 0 Å². The van der Waals surface area contributed by atoms with Crippen LogP contribution in [0, 0.1) is 11.3 Å². The number of benzene rings is 2. The van der Waals surface area contributed by atoms with Gasteiger partial charge in [-0.05, 0) is 49.4 Å². The normalized spacial score (nSPS) is 10.9. The summed E-state index contributed by atoms with van der Waals surface area (Å²) in [6, 6.07) is 12.9. The number of carbonyl (C=O) groups is 3. The van der Waals surface area contributed by atoms with E-state index in [1.54, 1.807) is 30.3 Å². The molecular formula is C22H20BrN3O6. The minimum absolute atomic E-state index is 0.0425. The van der Waals surface area contributed by atoms with E-state index in [1.165, 1.54) is 32.2 Å².